The van der Waals surface area contributed by atoms with Gasteiger partial charge >= 0.3 is 0 Å². The van der Waals surface area contributed by atoms with E-state index in [1.807, 2.05) is 19.9 Å². The molecule has 0 saturated carbocycles. The predicted octanol–water partition coefficient (Wildman–Crippen LogP) is 3.21. The van der Waals surface area contributed by atoms with Crippen molar-refractivity contribution >= 4 is 29.0 Å². The summed E-state index contributed by atoms with van der Waals surface area (Å²) in [6.45, 7) is 5.20. The Morgan fingerprint density at radius 1 is 1.11 bits per heavy atom. The highest BCUT2D eigenvalue weighted by Gasteiger charge is 2.67. The maximum atomic E-state index is 14.2. The Kier molecular flexibility index (Phi) is 5.84. The van der Waals surface area contributed by atoms with E-state index in [4.69, 9.17) is 9.47 Å². The number of Topliss-reactive ketones (excluding diaryl/α,β-unsaturated/α-hetero) is 1. The Balaban J connectivity index is 1.74. The number of likely N-dealkylation sites (N-methyl/N-ethyl adjacent to an activating group) is 1. The first-order valence-corrected chi connectivity index (χ1v) is 12.0. The number of fused-ring (bicyclic) bond motifs is 2. The minimum Gasteiger partial charge on any atom is -0.507 e. The third-order valence-electron chi connectivity index (χ3n) is 6.97. The van der Waals surface area contributed by atoms with Gasteiger partial charge in [-0.05, 0) is 57.0 Å². The van der Waals surface area contributed by atoms with Crippen LogP contribution in [0.5, 0.6) is 5.75 Å². The number of amides is 2. The summed E-state index contributed by atoms with van der Waals surface area (Å²) in [6.07, 6.45) is 1.29. The Morgan fingerprint density at radius 3 is 2.51 bits per heavy atom. The summed E-state index contributed by atoms with van der Waals surface area (Å²) in [6, 6.07) is 13.7. The van der Waals surface area contributed by atoms with Crippen molar-refractivity contribution < 1.29 is 29.0 Å². The maximum absolute atomic E-state index is 14.2. The minimum absolute atomic E-state index is 0.0856. The highest BCUT2D eigenvalue weighted by Crippen LogP contribution is 2.53. The third kappa shape index (κ3) is 3.35. The molecule has 8 heteroatoms. The van der Waals surface area contributed by atoms with Gasteiger partial charge in [0, 0.05) is 30.8 Å². The van der Waals surface area contributed by atoms with Gasteiger partial charge in [-0.3, -0.25) is 14.4 Å². The lowest BCUT2D eigenvalue weighted by atomic mass is 9.81. The van der Waals surface area contributed by atoms with Crippen LogP contribution < -0.4 is 9.64 Å². The van der Waals surface area contributed by atoms with Crippen molar-refractivity contribution in [2.24, 2.45) is 0 Å². The van der Waals surface area contributed by atoms with E-state index in [1.54, 1.807) is 47.4 Å². The second kappa shape index (κ2) is 8.85. The lowest BCUT2D eigenvalue weighted by molar-refractivity contribution is -0.145. The van der Waals surface area contributed by atoms with Gasteiger partial charge in [0.15, 0.2) is 5.54 Å². The van der Waals surface area contributed by atoms with E-state index in [2.05, 4.69) is 0 Å². The van der Waals surface area contributed by atoms with Crippen molar-refractivity contribution in [3.8, 4) is 5.75 Å². The molecular weight excluding hydrogens is 448 g/mol. The number of para-hydroxylation sites is 1. The molecule has 2 atom stereocenters. The van der Waals surface area contributed by atoms with Crippen LogP contribution in [0.3, 0.4) is 0 Å². The number of aliphatic hydroxyl groups is 1. The average molecular weight is 477 g/mol. The van der Waals surface area contributed by atoms with Crippen LogP contribution in [-0.4, -0.2) is 60.0 Å². The summed E-state index contributed by atoms with van der Waals surface area (Å²) in [5.74, 6) is -1.89. The van der Waals surface area contributed by atoms with Gasteiger partial charge < -0.3 is 24.4 Å². The number of hydrogen-bond acceptors (Lipinski definition) is 6. The van der Waals surface area contributed by atoms with Gasteiger partial charge in [0.25, 0.3) is 17.6 Å². The Bertz CT molecular complexity index is 1210. The van der Waals surface area contributed by atoms with E-state index < -0.39 is 23.1 Å². The fourth-order valence-electron chi connectivity index (χ4n) is 5.44. The van der Waals surface area contributed by atoms with Gasteiger partial charge in [0.2, 0.25) is 0 Å². The van der Waals surface area contributed by atoms with Crippen LogP contribution in [0.2, 0.25) is 0 Å². The van der Waals surface area contributed by atoms with E-state index in [-0.39, 0.29) is 24.0 Å². The Morgan fingerprint density at radius 2 is 1.86 bits per heavy atom. The van der Waals surface area contributed by atoms with Gasteiger partial charge in [-0.2, -0.15) is 0 Å². The first kappa shape index (κ1) is 23.1. The monoisotopic (exact) mass is 476 g/mol. The number of ketones is 1. The highest BCUT2D eigenvalue weighted by molar-refractivity contribution is 6.50. The Hall–Kier alpha value is -3.65. The molecule has 3 aliphatic heterocycles. The predicted molar refractivity (Wildman–Crippen MR) is 129 cm³/mol. The molecule has 2 aromatic rings. The zero-order chi connectivity index (χ0) is 24.7. The number of carbonyl (C=O) groups is 3. The summed E-state index contributed by atoms with van der Waals surface area (Å²) in [5, 5.41) is 11.5. The molecule has 3 heterocycles. The molecular formula is C27H28N2O6. The van der Waals surface area contributed by atoms with Gasteiger partial charge in [-0.1, -0.05) is 18.2 Å². The molecule has 0 bridgehead atoms. The molecule has 3 aliphatic rings. The standard InChI is InChI=1S/C27H28N2O6/c1-3-28-21-10-6-5-9-20(21)27(26(28)33)22(23(30)17-11-13-18(14-12-17)34-4-2)24(31)25(32)29(27)16-19-8-7-15-35-19/h5-6,9-14,19,30H,3-4,7-8,15-16H2,1-2H3/b23-22+. The molecule has 0 radical (unpaired) electrons. The molecule has 2 amide bonds. The number of anilines is 1. The largest absolute Gasteiger partial charge is 0.507 e. The minimum atomic E-state index is -1.75. The van der Waals surface area contributed by atoms with Crippen molar-refractivity contribution in [3.63, 3.8) is 0 Å². The summed E-state index contributed by atoms with van der Waals surface area (Å²) in [7, 11) is 0. The maximum Gasteiger partial charge on any atom is 0.296 e. The second-order valence-electron chi connectivity index (χ2n) is 8.84. The van der Waals surface area contributed by atoms with E-state index in [0.717, 1.165) is 12.8 Å². The van der Waals surface area contributed by atoms with E-state index >= 15 is 0 Å². The molecule has 5 rings (SSSR count). The van der Waals surface area contributed by atoms with Gasteiger partial charge in [-0.25, -0.2) is 0 Å². The first-order chi connectivity index (χ1) is 16.9. The molecule has 2 unspecified atom stereocenters. The molecule has 2 saturated heterocycles. The Labute approximate surface area is 203 Å². The number of rotatable bonds is 6. The number of ether oxygens (including phenoxy) is 2. The summed E-state index contributed by atoms with van der Waals surface area (Å²) < 4.78 is 11.3. The molecule has 8 nitrogen and oxygen atoms in total. The van der Waals surface area contributed by atoms with Crippen LogP contribution in [0, 0.1) is 0 Å². The van der Waals surface area contributed by atoms with E-state index in [1.165, 1.54) is 4.90 Å². The van der Waals surface area contributed by atoms with Crippen LogP contribution in [0.25, 0.3) is 5.76 Å². The topological polar surface area (TPSA) is 96.4 Å². The molecule has 0 aliphatic carbocycles. The summed E-state index contributed by atoms with van der Waals surface area (Å²) >= 11 is 0. The number of likely N-dealkylation sites (tertiary alicyclic amines) is 1. The molecule has 1 N–H and O–H groups in total. The highest BCUT2D eigenvalue weighted by atomic mass is 16.5. The van der Waals surface area contributed by atoms with Crippen molar-refractivity contribution in [2.75, 3.05) is 31.2 Å². The van der Waals surface area contributed by atoms with Crippen LogP contribution >= 0.6 is 0 Å². The number of hydrogen-bond donors (Lipinski definition) is 1. The molecule has 35 heavy (non-hydrogen) atoms. The quantitative estimate of drug-likeness (QED) is 0.391. The zero-order valence-electron chi connectivity index (χ0n) is 19.8. The fraction of sp³-hybridized carbons (Fsp3) is 0.370. The fourth-order valence-corrected chi connectivity index (χ4v) is 5.44. The normalized spacial score (nSPS) is 25.1. The number of nitrogens with zero attached hydrogens (tertiary/aromatic N) is 2. The number of aliphatic hydroxyl groups excluding tert-OH is 1. The lowest BCUT2D eigenvalue weighted by Gasteiger charge is -2.35. The van der Waals surface area contributed by atoms with Crippen molar-refractivity contribution in [3.05, 3.63) is 65.2 Å². The smallest absolute Gasteiger partial charge is 0.296 e. The molecule has 0 aromatic heterocycles. The molecule has 182 valence electrons. The number of carbonyl (C=O) groups excluding carboxylic acids is 3. The summed E-state index contributed by atoms with van der Waals surface area (Å²) in [5.41, 5.74) is -0.510. The van der Waals surface area contributed by atoms with E-state index in [9.17, 15) is 19.5 Å². The van der Waals surface area contributed by atoms with Gasteiger partial charge in [0.05, 0.1) is 24.0 Å². The van der Waals surface area contributed by atoms with Crippen LogP contribution in [-0.2, 0) is 24.7 Å². The van der Waals surface area contributed by atoms with Gasteiger partial charge in [-0.15, -0.1) is 0 Å². The second-order valence-corrected chi connectivity index (χ2v) is 8.84. The zero-order valence-corrected chi connectivity index (χ0v) is 19.8. The third-order valence-corrected chi connectivity index (χ3v) is 6.97. The SMILES string of the molecule is CCOc1ccc(/C(O)=C2/C(=O)C(=O)N(CC3CCCO3)C23C(=O)N(CC)c2ccccc23)cc1. The van der Waals surface area contributed by atoms with Crippen LogP contribution in [0.15, 0.2) is 54.1 Å². The van der Waals surface area contributed by atoms with Gasteiger partial charge in [0.1, 0.15) is 11.5 Å². The molecule has 2 aromatic carbocycles. The first-order valence-electron chi connectivity index (χ1n) is 12.0. The van der Waals surface area contributed by atoms with Crippen molar-refractivity contribution in [2.45, 2.75) is 38.3 Å². The van der Waals surface area contributed by atoms with Crippen molar-refractivity contribution in [1.82, 2.24) is 4.90 Å². The molecule has 1 spiro atoms. The van der Waals surface area contributed by atoms with Crippen molar-refractivity contribution in [1.29, 1.82) is 0 Å². The number of benzene rings is 2. The van der Waals surface area contributed by atoms with Crippen LogP contribution in [0.1, 0.15) is 37.8 Å². The summed E-state index contributed by atoms with van der Waals surface area (Å²) in [4.78, 5) is 44.1. The van der Waals surface area contributed by atoms with Crippen LogP contribution in [0.4, 0.5) is 5.69 Å². The lowest BCUT2D eigenvalue weighted by Crippen LogP contribution is -2.53. The molecule has 2 fully saturated rings. The van der Waals surface area contributed by atoms with E-state index in [0.29, 0.717) is 42.3 Å². The average Bonchev–Trinajstić information content (AvgIpc) is 3.53.